The molecule has 0 N–H and O–H groups in total. The standard InChI is InChI=1S/C13H19NO2S/c15-17(16,13-7-3-1-4-8-13)12-11-14-9-5-2-6-10-14/h1,3-4,7-8H,2,5-6,9-12H2. The van der Waals surface area contributed by atoms with Gasteiger partial charge < -0.3 is 4.90 Å². The van der Waals surface area contributed by atoms with Crippen molar-refractivity contribution in [2.45, 2.75) is 24.2 Å². The zero-order valence-electron chi connectivity index (χ0n) is 10.0. The highest BCUT2D eigenvalue weighted by Crippen LogP contribution is 2.12. The summed E-state index contributed by atoms with van der Waals surface area (Å²) in [5.41, 5.74) is 0. The van der Waals surface area contributed by atoms with Crippen molar-refractivity contribution in [1.29, 1.82) is 0 Å². The Bertz CT molecular complexity index is 436. The second-order valence-corrected chi connectivity index (χ2v) is 6.64. The summed E-state index contributed by atoms with van der Waals surface area (Å²) in [4.78, 5) is 2.70. The Morgan fingerprint density at radius 1 is 1.00 bits per heavy atom. The molecule has 0 unspecified atom stereocenters. The summed E-state index contributed by atoms with van der Waals surface area (Å²) in [6.45, 7) is 2.76. The first-order chi connectivity index (χ1) is 8.18. The van der Waals surface area contributed by atoms with Gasteiger partial charge in [-0.2, -0.15) is 0 Å². The lowest BCUT2D eigenvalue weighted by molar-refractivity contribution is 0.241. The van der Waals surface area contributed by atoms with Gasteiger partial charge in [-0.25, -0.2) is 8.42 Å². The molecule has 0 radical (unpaired) electrons. The van der Waals surface area contributed by atoms with E-state index in [2.05, 4.69) is 4.90 Å². The van der Waals surface area contributed by atoms with E-state index in [9.17, 15) is 8.42 Å². The third kappa shape index (κ3) is 3.54. The topological polar surface area (TPSA) is 37.4 Å². The van der Waals surface area contributed by atoms with Gasteiger partial charge in [-0.1, -0.05) is 24.6 Å². The molecule has 1 fully saturated rings. The molecular formula is C13H19NO2S. The lowest BCUT2D eigenvalue weighted by atomic mass is 10.1. The normalized spacial score (nSPS) is 18.1. The molecule has 0 spiro atoms. The smallest absolute Gasteiger partial charge is 0.179 e. The fraction of sp³-hybridized carbons (Fsp3) is 0.538. The summed E-state index contributed by atoms with van der Waals surface area (Å²) in [5, 5.41) is 0. The Morgan fingerprint density at radius 2 is 1.65 bits per heavy atom. The van der Waals surface area contributed by atoms with Gasteiger partial charge in [0.2, 0.25) is 0 Å². The van der Waals surface area contributed by atoms with Crippen LogP contribution in [0.15, 0.2) is 35.2 Å². The molecule has 4 heteroatoms. The minimum absolute atomic E-state index is 0.233. The fourth-order valence-electron chi connectivity index (χ4n) is 2.18. The molecule has 1 aliphatic heterocycles. The van der Waals surface area contributed by atoms with Crippen LogP contribution >= 0.6 is 0 Å². The predicted molar refractivity (Wildman–Crippen MR) is 68.8 cm³/mol. The second-order valence-electron chi connectivity index (χ2n) is 4.53. The average Bonchev–Trinajstić information content (AvgIpc) is 2.39. The van der Waals surface area contributed by atoms with E-state index in [0.717, 1.165) is 13.1 Å². The summed E-state index contributed by atoms with van der Waals surface area (Å²) >= 11 is 0. The molecule has 2 rings (SSSR count). The van der Waals surface area contributed by atoms with E-state index in [4.69, 9.17) is 0 Å². The molecule has 0 aliphatic carbocycles. The molecule has 0 aromatic heterocycles. The summed E-state index contributed by atoms with van der Waals surface area (Å²) < 4.78 is 24.1. The highest BCUT2D eigenvalue weighted by molar-refractivity contribution is 7.91. The molecular weight excluding hydrogens is 234 g/mol. The van der Waals surface area contributed by atoms with E-state index in [1.165, 1.54) is 19.3 Å². The summed E-state index contributed by atoms with van der Waals surface area (Å²) in [5.74, 6) is 0.233. The van der Waals surface area contributed by atoms with Crippen molar-refractivity contribution in [2.75, 3.05) is 25.4 Å². The number of nitrogens with zero attached hydrogens (tertiary/aromatic N) is 1. The highest BCUT2D eigenvalue weighted by Gasteiger charge is 2.17. The Balaban J connectivity index is 1.94. The first-order valence-electron chi connectivity index (χ1n) is 6.19. The van der Waals surface area contributed by atoms with Crippen molar-refractivity contribution >= 4 is 9.84 Å². The molecule has 0 bridgehead atoms. The second kappa shape index (κ2) is 5.65. The van der Waals surface area contributed by atoms with Crippen molar-refractivity contribution in [3.63, 3.8) is 0 Å². The van der Waals surface area contributed by atoms with Crippen LogP contribution in [0.2, 0.25) is 0 Å². The Hall–Kier alpha value is -0.870. The zero-order chi connectivity index (χ0) is 12.1. The highest BCUT2D eigenvalue weighted by atomic mass is 32.2. The molecule has 0 saturated carbocycles. The number of hydrogen-bond donors (Lipinski definition) is 0. The van der Waals surface area contributed by atoms with Crippen LogP contribution in [0.1, 0.15) is 19.3 Å². The van der Waals surface area contributed by atoms with Crippen LogP contribution in [-0.2, 0) is 9.84 Å². The van der Waals surface area contributed by atoms with Gasteiger partial charge in [-0.05, 0) is 38.1 Å². The quantitative estimate of drug-likeness (QED) is 0.823. The summed E-state index contributed by atoms with van der Waals surface area (Å²) in [6, 6.07) is 8.72. The molecule has 0 atom stereocenters. The fourth-order valence-corrected chi connectivity index (χ4v) is 3.48. The number of piperidine rings is 1. The van der Waals surface area contributed by atoms with Gasteiger partial charge in [0.1, 0.15) is 0 Å². The van der Waals surface area contributed by atoms with E-state index >= 15 is 0 Å². The molecule has 94 valence electrons. The summed E-state index contributed by atoms with van der Waals surface area (Å²) in [7, 11) is -3.10. The van der Waals surface area contributed by atoms with Crippen LogP contribution in [0.4, 0.5) is 0 Å². The van der Waals surface area contributed by atoms with E-state index in [1.54, 1.807) is 24.3 Å². The first kappa shape index (κ1) is 12.6. The number of likely N-dealkylation sites (tertiary alicyclic amines) is 1. The summed E-state index contributed by atoms with van der Waals surface area (Å²) in [6.07, 6.45) is 3.68. The number of rotatable bonds is 4. The minimum Gasteiger partial charge on any atom is -0.302 e. The monoisotopic (exact) mass is 253 g/mol. The Labute approximate surface area is 103 Å². The molecule has 1 aromatic carbocycles. The molecule has 1 aliphatic rings. The van der Waals surface area contributed by atoms with E-state index in [1.807, 2.05) is 6.07 Å². The van der Waals surface area contributed by atoms with Crippen LogP contribution in [0.3, 0.4) is 0 Å². The van der Waals surface area contributed by atoms with Gasteiger partial charge in [0, 0.05) is 6.54 Å². The Kier molecular flexibility index (Phi) is 4.18. The van der Waals surface area contributed by atoms with Crippen LogP contribution in [0.25, 0.3) is 0 Å². The number of hydrogen-bond acceptors (Lipinski definition) is 3. The third-order valence-corrected chi connectivity index (χ3v) is 4.94. The zero-order valence-corrected chi connectivity index (χ0v) is 10.8. The van der Waals surface area contributed by atoms with Crippen LogP contribution < -0.4 is 0 Å². The average molecular weight is 253 g/mol. The molecule has 1 aromatic rings. The van der Waals surface area contributed by atoms with Crippen LogP contribution in [-0.4, -0.2) is 38.7 Å². The van der Waals surface area contributed by atoms with E-state index < -0.39 is 9.84 Å². The lowest BCUT2D eigenvalue weighted by Crippen LogP contribution is -2.33. The SMILES string of the molecule is O=S(=O)(CCN1CCCCC1)c1ccccc1. The largest absolute Gasteiger partial charge is 0.302 e. The molecule has 1 heterocycles. The first-order valence-corrected chi connectivity index (χ1v) is 7.84. The third-order valence-electron chi connectivity index (χ3n) is 3.23. The molecule has 1 saturated heterocycles. The minimum atomic E-state index is -3.10. The van der Waals surface area contributed by atoms with Gasteiger partial charge in [0.15, 0.2) is 9.84 Å². The maximum absolute atomic E-state index is 12.0. The number of sulfone groups is 1. The van der Waals surface area contributed by atoms with Crippen molar-refractivity contribution < 1.29 is 8.42 Å². The van der Waals surface area contributed by atoms with Gasteiger partial charge in [-0.3, -0.25) is 0 Å². The lowest BCUT2D eigenvalue weighted by Gasteiger charge is -2.26. The maximum Gasteiger partial charge on any atom is 0.179 e. The van der Waals surface area contributed by atoms with Gasteiger partial charge >= 0.3 is 0 Å². The van der Waals surface area contributed by atoms with Crippen molar-refractivity contribution in [3.05, 3.63) is 30.3 Å². The molecule has 3 nitrogen and oxygen atoms in total. The molecule has 0 amide bonds. The van der Waals surface area contributed by atoms with Crippen LogP contribution in [0, 0.1) is 0 Å². The number of benzene rings is 1. The molecule has 17 heavy (non-hydrogen) atoms. The van der Waals surface area contributed by atoms with Gasteiger partial charge in [0.05, 0.1) is 10.6 Å². The van der Waals surface area contributed by atoms with Gasteiger partial charge in [-0.15, -0.1) is 0 Å². The van der Waals surface area contributed by atoms with E-state index in [-0.39, 0.29) is 5.75 Å². The van der Waals surface area contributed by atoms with E-state index in [0.29, 0.717) is 11.4 Å². The van der Waals surface area contributed by atoms with Crippen LogP contribution in [0.5, 0.6) is 0 Å². The maximum atomic E-state index is 12.0. The van der Waals surface area contributed by atoms with Crippen molar-refractivity contribution in [1.82, 2.24) is 4.90 Å². The van der Waals surface area contributed by atoms with Crippen molar-refractivity contribution in [3.8, 4) is 0 Å². The van der Waals surface area contributed by atoms with Crippen molar-refractivity contribution in [2.24, 2.45) is 0 Å². The van der Waals surface area contributed by atoms with Gasteiger partial charge in [0.25, 0.3) is 0 Å². The predicted octanol–water partition coefficient (Wildman–Crippen LogP) is 1.95. The Morgan fingerprint density at radius 3 is 2.29 bits per heavy atom.